The van der Waals surface area contributed by atoms with Crippen molar-refractivity contribution in [1.82, 2.24) is 0 Å². The predicted octanol–water partition coefficient (Wildman–Crippen LogP) is 2.70. The van der Waals surface area contributed by atoms with Crippen molar-refractivity contribution in [3.8, 4) is 23.3 Å². The fourth-order valence-corrected chi connectivity index (χ4v) is 2.61. The third-order valence-corrected chi connectivity index (χ3v) is 4.01. The summed E-state index contributed by atoms with van der Waals surface area (Å²) in [6.07, 6.45) is -1.10. The Morgan fingerprint density at radius 3 is 2.28 bits per heavy atom. The van der Waals surface area contributed by atoms with Crippen molar-refractivity contribution in [2.24, 2.45) is 0 Å². The Kier molecular flexibility index (Phi) is 7.43. The van der Waals surface area contributed by atoms with Crippen molar-refractivity contribution < 1.29 is 28.5 Å². The van der Waals surface area contributed by atoms with Gasteiger partial charge in [0.1, 0.15) is 0 Å². The Hall–Kier alpha value is -3.73. The van der Waals surface area contributed by atoms with Crippen LogP contribution < -0.4 is 19.5 Å². The minimum atomic E-state index is -1.02. The van der Waals surface area contributed by atoms with Crippen LogP contribution in [0.4, 0.5) is 5.69 Å². The Morgan fingerprint density at radius 1 is 1.07 bits per heavy atom. The van der Waals surface area contributed by atoms with Crippen LogP contribution in [0.5, 0.6) is 17.2 Å². The highest BCUT2D eigenvalue weighted by Crippen LogP contribution is 2.38. The molecule has 0 fully saturated rings. The van der Waals surface area contributed by atoms with Gasteiger partial charge in [-0.05, 0) is 42.8 Å². The van der Waals surface area contributed by atoms with E-state index in [4.69, 9.17) is 24.2 Å². The highest BCUT2D eigenvalue weighted by atomic mass is 16.5. The van der Waals surface area contributed by atoms with Crippen LogP contribution >= 0.6 is 0 Å². The molecule has 2 aromatic rings. The van der Waals surface area contributed by atoms with Gasteiger partial charge in [-0.1, -0.05) is 6.07 Å². The Morgan fingerprint density at radius 2 is 1.72 bits per heavy atom. The van der Waals surface area contributed by atoms with Gasteiger partial charge >= 0.3 is 5.97 Å². The second-order valence-corrected chi connectivity index (χ2v) is 6.02. The number of hydrogen-bond donors (Lipinski definition) is 1. The van der Waals surface area contributed by atoms with Crippen molar-refractivity contribution in [1.29, 1.82) is 5.26 Å². The second-order valence-electron chi connectivity index (χ2n) is 6.02. The number of nitrogens with one attached hydrogen (secondary N) is 1. The average Bonchev–Trinajstić information content (AvgIpc) is 2.72. The molecule has 8 nitrogen and oxygen atoms in total. The molecule has 1 amide bonds. The van der Waals surface area contributed by atoms with Crippen molar-refractivity contribution in [3.05, 3.63) is 47.5 Å². The third-order valence-electron chi connectivity index (χ3n) is 4.01. The molecule has 8 heteroatoms. The first-order chi connectivity index (χ1) is 13.9. The number of anilines is 1. The fourth-order valence-electron chi connectivity index (χ4n) is 2.61. The Bertz CT molecular complexity index is 910. The highest BCUT2D eigenvalue weighted by Gasteiger charge is 2.20. The number of ether oxygens (including phenoxy) is 4. The van der Waals surface area contributed by atoms with E-state index < -0.39 is 18.0 Å². The summed E-state index contributed by atoms with van der Waals surface area (Å²) in [4.78, 5) is 24.5. The molecule has 0 aliphatic heterocycles. The maximum atomic E-state index is 12.3. The SMILES string of the molecule is COc1cc(CC(=O)O[C@@H](C)C(=O)Nc2cccc(C#N)c2)cc(OC)c1OC. The lowest BCUT2D eigenvalue weighted by Crippen LogP contribution is -2.30. The number of hydrogen-bond acceptors (Lipinski definition) is 7. The van der Waals surface area contributed by atoms with Gasteiger partial charge in [-0.2, -0.15) is 5.26 Å². The standard InChI is InChI=1S/C21H22N2O6/c1-13(21(25)23-16-7-5-6-14(8-16)12-22)29-19(24)11-15-9-17(26-2)20(28-4)18(10-15)27-3/h5-10,13H,11H2,1-4H3,(H,23,25)/t13-/m0/s1. The number of amides is 1. The van der Waals surface area contributed by atoms with Gasteiger partial charge in [0.2, 0.25) is 5.75 Å². The predicted molar refractivity (Wildman–Crippen MR) is 105 cm³/mol. The molecule has 0 bridgehead atoms. The lowest BCUT2D eigenvalue weighted by molar-refractivity contribution is -0.152. The smallest absolute Gasteiger partial charge is 0.311 e. The van der Waals surface area contributed by atoms with Crippen LogP contribution in [0.2, 0.25) is 0 Å². The summed E-state index contributed by atoms with van der Waals surface area (Å²) >= 11 is 0. The summed E-state index contributed by atoms with van der Waals surface area (Å²) in [6.45, 7) is 1.47. The van der Waals surface area contributed by atoms with Crippen molar-refractivity contribution in [3.63, 3.8) is 0 Å². The van der Waals surface area contributed by atoms with Crippen molar-refractivity contribution in [2.45, 2.75) is 19.4 Å². The van der Waals surface area contributed by atoms with Crippen LogP contribution in [-0.4, -0.2) is 39.3 Å². The zero-order valence-electron chi connectivity index (χ0n) is 16.6. The summed E-state index contributed by atoms with van der Waals surface area (Å²) in [5.41, 5.74) is 1.44. The van der Waals surface area contributed by atoms with Crippen LogP contribution in [0.1, 0.15) is 18.1 Å². The van der Waals surface area contributed by atoms with E-state index in [1.807, 2.05) is 6.07 Å². The molecule has 0 saturated carbocycles. The van der Waals surface area contributed by atoms with Crippen LogP contribution in [0.3, 0.4) is 0 Å². The largest absolute Gasteiger partial charge is 0.493 e. The molecule has 0 heterocycles. The summed E-state index contributed by atoms with van der Waals surface area (Å²) in [7, 11) is 4.45. The number of rotatable bonds is 8. The van der Waals surface area contributed by atoms with Gasteiger partial charge in [-0.15, -0.1) is 0 Å². The molecule has 0 aliphatic carbocycles. The van der Waals surface area contributed by atoms with Gasteiger partial charge in [0.15, 0.2) is 17.6 Å². The van der Waals surface area contributed by atoms with E-state index in [1.54, 1.807) is 30.3 Å². The van der Waals surface area contributed by atoms with Crippen LogP contribution in [0.15, 0.2) is 36.4 Å². The molecular formula is C21H22N2O6. The second kappa shape index (κ2) is 9.99. The first kappa shape index (κ1) is 21.6. The number of carbonyl (C=O) groups is 2. The summed E-state index contributed by atoms with van der Waals surface area (Å²) in [5.74, 6) is 0.154. The normalized spacial score (nSPS) is 11.0. The molecule has 0 unspecified atom stereocenters. The molecule has 0 saturated heterocycles. The first-order valence-corrected chi connectivity index (χ1v) is 8.71. The Balaban J connectivity index is 2.02. The Labute approximate surface area is 168 Å². The van der Waals surface area contributed by atoms with Gasteiger partial charge < -0.3 is 24.3 Å². The lowest BCUT2D eigenvalue weighted by atomic mass is 10.1. The molecule has 0 radical (unpaired) electrons. The van der Waals surface area contributed by atoms with E-state index in [9.17, 15) is 9.59 Å². The van der Waals surface area contributed by atoms with Crippen molar-refractivity contribution in [2.75, 3.05) is 26.6 Å². The maximum absolute atomic E-state index is 12.3. The van der Waals surface area contributed by atoms with Crippen LogP contribution in [-0.2, 0) is 20.7 Å². The zero-order chi connectivity index (χ0) is 21.4. The van der Waals surface area contributed by atoms with E-state index >= 15 is 0 Å². The minimum absolute atomic E-state index is 0.0851. The van der Waals surface area contributed by atoms with Gasteiger partial charge in [0.05, 0.1) is 39.4 Å². The summed E-state index contributed by atoms with van der Waals surface area (Å²) in [6, 6.07) is 11.7. The molecule has 2 aromatic carbocycles. The average molecular weight is 398 g/mol. The number of benzene rings is 2. The fraction of sp³-hybridized carbons (Fsp3) is 0.286. The first-order valence-electron chi connectivity index (χ1n) is 8.71. The van der Waals surface area contributed by atoms with Crippen molar-refractivity contribution >= 4 is 17.6 Å². The molecule has 0 aliphatic rings. The van der Waals surface area contributed by atoms with Gasteiger partial charge in [-0.25, -0.2) is 0 Å². The zero-order valence-corrected chi connectivity index (χ0v) is 16.6. The number of carbonyl (C=O) groups excluding carboxylic acids is 2. The molecular weight excluding hydrogens is 376 g/mol. The maximum Gasteiger partial charge on any atom is 0.311 e. The highest BCUT2D eigenvalue weighted by molar-refractivity contribution is 5.95. The number of esters is 1. The lowest BCUT2D eigenvalue weighted by Gasteiger charge is -2.15. The molecule has 29 heavy (non-hydrogen) atoms. The van der Waals surface area contributed by atoms with E-state index in [-0.39, 0.29) is 6.42 Å². The van der Waals surface area contributed by atoms with Crippen LogP contribution in [0.25, 0.3) is 0 Å². The van der Waals surface area contributed by atoms with E-state index in [1.165, 1.54) is 34.3 Å². The topological polar surface area (TPSA) is 107 Å². The third kappa shape index (κ3) is 5.62. The molecule has 1 atom stereocenters. The van der Waals surface area contributed by atoms with E-state index in [0.29, 0.717) is 34.1 Å². The van der Waals surface area contributed by atoms with E-state index in [2.05, 4.69) is 5.32 Å². The van der Waals surface area contributed by atoms with Gasteiger partial charge in [0.25, 0.3) is 5.91 Å². The molecule has 0 spiro atoms. The number of nitriles is 1. The summed E-state index contributed by atoms with van der Waals surface area (Å²) in [5, 5.41) is 11.5. The van der Waals surface area contributed by atoms with E-state index in [0.717, 1.165) is 0 Å². The quantitative estimate of drug-likeness (QED) is 0.681. The molecule has 1 N–H and O–H groups in total. The van der Waals surface area contributed by atoms with Gasteiger partial charge in [0, 0.05) is 5.69 Å². The summed E-state index contributed by atoms with van der Waals surface area (Å²) < 4.78 is 21.0. The number of methoxy groups -OCH3 is 3. The molecule has 152 valence electrons. The number of nitrogens with zero attached hydrogens (tertiary/aromatic N) is 1. The van der Waals surface area contributed by atoms with Crippen LogP contribution in [0, 0.1) is 11.3 Å². The van der Waals surface area contributed by atoms with Gasteiger partial charge in [-0.3, -0.25) is 9.59 Å². The molecule has 2 rings (SSSR count). The minimum Gasteiger partial charge on any atom is -0.493 e. The molecule has 0 aromatic heterocycles. The monoisotopic (exact) mass is 398 g/mol.